The van der Waals surface area contributed by atoms with E-state index in [-0.39, 0.29) is 25.6 Å². The van der Waals surface area contributed by atoms with Gasteiger partial charge in [-0.15, -0.1) is 12.4 Å². The van der Waals surface area contributed by atoms with Gasteiger partial charge < -0.3 is 29.8 Å². The van der Waals surface area contributed by atoms with Crippen LogP contribution in [-0.4, -0.2) is 64.1 Å². The van der Waals surface area contributed by atoms with Crippen LogP contribution in [-0.2, 0) is 18.9 Å². The first-order chi connectivity index (χ1) is 7.77. The van der Waals surface area contributed by atoms with Gasteiger partial charge in [0.15, 0.2) is 0 Å². The highest BCUT2D eigenvalue weighted by atomic mass is 35.5. The van der Waals surface area contributed by atoms with Crippen LogP contribution < -0.4 is 5.73 Å². The minimum absolute atomic E-state index is 0. The molecule has 0 amide bonds. The number of halogens is 1. The van der Waals surface area contributed by atoms with Crippen molar-refractivity contribution in [1.29, 1.82) is 0 Å². The van der Waals surface area contributed by atoms with Gasteiger partial charge >= 0.3 is 6.16 Å². The van der Waals surface area contributed by atoms with Gasteiger partial charge in [-0.1, -0.05) is 0 Å². The summed E-state index contributed by atoms with van der Waals surface area (Å²) < 4.78 is 19.5. The van der Waals surface area contributed by atoms with Gasteiger partial charge in [0.25, 0.3) is 0 Å². The van der Waals surface area contributed by atoms with Crippen LogP contribution >= 0.6 is 12.4 Å². The van der Waals surface area contributed by atoms with E-state index in [1.54, 1.807) is 0 Å². The average Bonchev–Trinajstić information content (AvgIpc) is 2.25. The van der Waals surface area contributed by atoms with Crippen molar-refractivity contribution in [3.05, 3.63) is 0 Å². The Morgan fingerprint density at radius 2 is 1.29 bits per heavy atom. The van der Waals surface area contributed by atoms with Crippen LogP contribution in [0.3, 0.4) is 0 Å². The average molecular weight is 274 g/mol. The molecule has 0 bridgehead atoms. The predicted octanol–water partition coefficient (Wildman–Crippen LogP) is 0.111. The second-order valence-electron chi connectivity index (χ2n) is 2.74. The summed E-state index contributed by atoms with van der Waals surface area (Å²) in [6.45, 7) is 3.17. The number of nitrogens with two attached hydrogens (primary N) is 1. The van der Waals surface area contributed by atoms with E-state index in [4.69, 9.17) is 25.1 Å². The maximum Gasteiger partial charge on any atom is 0.505 e. The van der Waals surface area contributed by atoms with Crippen molar-refractivity contribution < 1.29 is 28.8 Å². The number of ether oxygens (including phenoxy) is 4. The fourth-order valence-corrected chi connectivity index (χ4v) is 0.813. The van der Waals surface area contributed by atoms with Crippen LogP contribution in [0, 0.1) is 0 Å². The maximum absolute atomic E-state index is 9.93. The molecule has 0 unspecified atom stereocenters. The minimum atomic E-state index is -1.29. The Balaban J connectivity index is 0. The van der Waals surface area contributed by atoms with Gasteiger partial charge in [0.2, 0.25) is 0 Å². The Kier molecular flexibility index (Phi) is 17.0. The zero-order valence-corrected chi connectivity index (χ0v) is 10.4. The van der Waals surface area contributed by atoms with Crippen LogP contribution in [0.15, 0.2) is 0 Å². The summed E-state index contributed by atoms with van der Waals surface area (Å²) in [6, 6.07) is 0. The molecule has 0 heterocycles. The first-order valence-corrected chi connectivity index (χ1v) is 5.06. The monoisotopic (exact) mass is 273 g/mol. The molecule has 0 aliphatic heterocycles. The zero-order chi connectivity index (χ0) is 12.1. The number of rotatable bonds is 11. The molecule has 7 nitrogen and oxygen atoms in total. The van der Waals surface area contributed by atoms with Crippen LogP contribution in [0.5, 0.6) is 0 Å². The van der Waals surface area contributed by atoms with Crippen LogP contribution in [0.2, 0.25) is 0 Å². The number of hydrogen-bond acceptors (Lipinski definition) is 6. The van der Waals surface area contributed by atoms with Gasteiger partial charge in [-0.3, -0.25) is 0 Å². The van der Waals surface area contributed by atoms with E-state index in [0.29, 0.717) is 39.6 Å². The molecule has 8 heteroatoms. The molecule has 0 aromatic carbocycles. The molecule has 0 aliphatic carbocycles. The lowest BCUT2D eigenvalue weighted by Crippen LogP contribution is -2.14. The molecule has 0 saturated carbocycles. The van der Waals surface area contributed by atoms with E-state index in [2.05, 4.69) is 4.74 Å². The van der Waals surface area contributed by atoms with Crippen LogP contribution in [0.4, 0.5) is 4.79 Å². The minimum Gasteiger partial charge on any atom is -0.450 e. The topological polar surface area (TPSA) is 100 Å². The molecule has 0 aromatic heterocycles. The summed E-state index contributed by atoms with van der Waals surface area (Å²) in [7, 11) is 0. The molecule has 104 valence electrons. The van der Waals surface area contributed by atoms with Gasteiger partial charge in [0, 0.05) is 6.54 Å². The Morgan fingerprint density at radius 3 is 1.71 bits per heavy atom. The van der Waals surface area contributed by atoms with Crippen molar-refractivity contribution in [3.63, 3.8) is 0 Å². The van der Waals surface area contributed by atoms with E-state index < -0.39 is 6.16 Å². The largest absolute Gasteiger partial charge is 0.505 e. The smallest absolute Gasteiger partial charge is 0.450 e. The number of hydrogen-bond donors (Lipinski definition) is 2. The lowest BCUT2D eigenvalue weighted by atomic mass is 10.7. The summed E-state index contributed by atoms with van der Waals surface area (Å²) in [5, 5.41) is 8.13. The van der Waals surface area contributed by atoms with Crippen molar-refractivity contribution in [2.75, 3.05) is 52.8 Å². The molecule has 0 saturated heterocycles. The molecule has 0 radical (unpaired) electrons. The summed E-state index contributed by atoms with van der Waals surface area (Å²) >= 11 is 0. The molecule has 0 rings (SSSR count). The molecule has 0 spiro atoms. The lowest BCUT2D eigenvalue weighted by Gasteiger charge is -2.06. The molecular weight excluding hydrogens is 254 g/mol. The third kappa shape index (κ3) is 18.0. The Hall–Kier alpha value is -0.600. The van der Waals surface area contributed by atoms with Gasteiger partial charge in [-0.2, -0.15) is 0 Å². The summed E-state index contributed by atoms with van der Waals surface area (Å²) in [5.41, 5.74) is 5.22. The number of carbonyl (C=O) groups is 1. The molecule has 17 heavy (non-hydrogen) atoms. The third-order valence-corrected chi connectivity index (χ3v) is 1.46. The fourth-order valence-electron chi connectivity index (χ4n) is 0.813. The van der Waals surface area contributed by atoms with E-state index in [1.165, 1.54) is 0 Å². The highest BCUT2D eigenvalue weighted by Crippen LogP contribution is 1.82. The predicted molar refractivity (Wildman–Crippen MR) is 62.7 cm³/mol. The highest BCUT2D eigenvalue weighted by Gasteiger charge is 1.95. The second-order valence-corrected chi connectivity index (χ2v) is 2.74. The van der Waals surface area contributed by atoms with E-state index >= 15 is 0 Å². The lowest BCUT2D eigenvalue weighted by molar-refractivity contribution is 0.00240. The van der Waals surface area contributed by atoms with Crippen LogP contribution in [0.25, 0.3) is 0 Å². The van der Waals surface area contributed by atoms with Crippen molar-refractivity contribution in [1.82, 2.24) is 0 Å². The molecule has 3 N–H and O–H groups in total. The maximum atomic E-state index is 9.93. The van der Waals surface area contributed by atoms with Crippen molar-refractivity contribution >= 4 is 18.6 Å². The summed E-state index contributed by atoms with van der Waals surface area (Å²) in [4.78, 5) is 9.93. The molecule has 0 atom stereocenters. The van der Waals surface area contributed by atoms with E-state index in [0.717, 1.165) is 0 Å². The standard InChI is InChI=1S/C9H19NO6.ClH/c10-1-2-13-3-4-14-5-6-15-7-8-16-9(11)12;/h1-8,10H2,(H,11,12);1H. The second kappa shape index (κ2) is 15.4. The normalized spacial score (nSPS) is 9.71. The Bertz CT molecular complexity index is 172. The summed E-state index contributed by atoms with van der Waals surface area (Å²) in [5.74, 6) is 0. The van der Waals surface area contributed by atoms with Gasteiger partial charge in [-0.05, 0) is 0 Å². The molecular formula is C9H20ClNO6. The quantitative estimate of drug-likeness (QED) is 0.407. The third-order valence-electron chi connectivity index (χ3n) is 1.46. The first-order valence-electron chi connectivity index (χ1n) is 5.06. The zero-order valence-electron chi connectivity index (χ0n) is 9.63. The first kappa shape index (κ1) is 18.8. The molecule has 0 aliphatic rings. The number of carboxylic acid groups (broad SMARTS) is 1. The van der Waals surface area contributed by atoms with Gasteiger partial charge in [0.05, 0.1) is 39.6 Å². The molecule has 0 aromatic rings. The van der Waals surface area contributed by atoms with Crippen molar-refractivity contribution in [3.8, 4) is 0 Å². The summed E-state index contributed by atoms with van der Waals surface area (Å²) in [6.07, 6.45) is -1.29. The van der Waals surface area contributed by atoms with E-state index in [9.17, 15) is 4.79 Å². The Labute approximate surface area is 107 Å². The van der Waals surface area contributed by atoms with Gasteiger partial charge in [-0.25, -0.2) is 4.79 Å². The fraction of sp³-hybridized carbons (Fsp3) is 0.889. The van der Waals surface area contributed by atoms with E-state index in [1.807, 2.05) is 0 Å². The Morgan fingerprint density at radius 1 is 0.882 bits per heavy atom. The van der Waals surface area contributed by atoms with Crippen molar-refractivity contribution in [2.24, 2.45) is 5.73 Å². The molecule has 0 fully saturated rings. The highest BCUT2D eigenvalue weighted by molar-refractivity contribution is 5.85. The van der Waals surface area contributed by atoms with Crippen LogP contribution in [0.1, 0.15) is 0 Å². The SMILES string of the molecule is Cl.NCCOCCOCCOCCOC(=O)O. The van der Waals surface area contributed by atoms with Gasteiger partial charge in [0.1, 0.15) is 6.61 Å². The van der Waals surface area contributed by atoms with Crippen molar-refractivity contribution in [2.45, 2.75) is 0 Å².